The van der Waals surface area contributed by atoms with Gasteiger partial charge in [0.2, 0.25) is 0 Å². The third-order valence-corrected chi connectivity index (χ3v) is 5.45. The molecule has 0 radical (unpaired) electrons. The lowest BCUT2D eigenvalue weighted by atomic mass is 9.96. The molecule has 0 spiro atoms. The summed E-state index contributed by atoms with van der Waals surface area (Å²) in [6.45, 7) is 0. The largest absolute Gasteiger partial charge is 0.478 e. The fraction of sp³-hybridized carbons (Fsp3) is 0. The van der Waals surface area contributed by atoms with Crippen LogP contribution in [-0.2, 0) is 0 Å². The van der Waals surface area contributed by atoms with E-state index in [-0.39, 0.29) is 32.8 Å². The molecular weight excluding hydrogens is 458 g/mol. The summed E-state index contributed by atoms with van der Waals surface area (Å²) >= 11 is 6.22. The first-order chi connectivity index (χ1) is 15.6. The molecule has 164 valence electrons. The van der Waals surface area contributed by atoms with Gasteiger partial charge in [-0.2, -0.15) is 0 Å². The first-order valence-electron chi connectivity index (χ1n) is 9.10. The van der Waals surface area contributed by atoms with Crippen LogP contribution >= 0.6 is 11.6 Å². The number of hydrogen-bond donors (Lipinski definition) is 1. The maximum absolute atomic E-state index is 12.0. The minimum Gasteiger partial charge on any atom is -0.478 e. The van der Waals surface area contributed by atoms with Crippen molar-refractivity contribution in [1.29, 1.82) is 0 Å². The van der Waals surface area contributed by atoms with Crippen molar-refractivity contribution < 1.29 is 24.7 Å². The van der Waals surface area contributed by atoms with E-state index < -0.39 is 43.4 Å². The van der Waals surface area contributed by atoms with Gasteiger partial charge in [0.1, 0.15) is 0 Å². The average Bonchev–Trinajstić information content (AvgIpc) is 3.07. The number of benzene rings is 3. The third kappa shape index (κ3) is 3.55. The zero-order chi connectivity index (χ0) is 24.0. The molecule has 12 heteroatoms. The molecule has 0 unspecified atom stereocenters. The first-order valence-corrected chi connectivity index (χ1v) is 9.48. The number of nitro groups is 3. The number of halogens is 1. The molecule has 0 aliphatic heterocycles. The van der Waals surface area contributed by atoms with Gasteiger partial charge in [-0.3, -0.25) is 30.3 Å². The first kappa shape index (κ1) is 21.6. The average molecular weight is 468 g/mol. The van der Waals surface area contributed by atoms with Crippen LogP contribution < -0.4 is 0 Å². The van der Waals surface area contributed by atoms with Gasteiger partial charge in [-0.15, -0.1) is 0 Å². The summed E-state index contributed by atoms with van der Waals surface area (Å²) in [4.78, 5) is 44.2. The van der Waals surface area contributed by atoms with Crippen molar-refractivity contribution in [2.45, 2.75) is 0 Å². The third-order valence-electron chi connectivity index (χ3n) is 5.11. The van der Waals surface area contributed by atoms with Gasteiger partial charge in [0.15, 0.2) is 0 Å². The summed E-state index contributed by atoms with van der Waals surface area (Å²) in [7, 11) is 0. The Bertz CT molecular complexity index is 1360. The molecule has 1 aliphatic carbocycles. The second-order valence-corrected chi connectivity index (χ2v) is 7.37. The highest BCUT2D eigenvalue weighted by Crippen LogP contribution is 2.53. The number of aromatic carboxylic acids is 1. The van der Waals surface area contributed by atoms with Crippen molar-refractivity contribution in [3.8, 4) is 11.1 Å². The molecule has 0 heterocycles. The van der Waals surface area contributed by atoms with Crippen LogP contribution in [0.5, 0.6) is 0 Å². The Balaban J connectivity index is 2.21. The quantitative estimate of drug-likeness (QED) is 0.303. The molecule has 0 atom stereocenters. The van der Waals surface area contributed by atoms with Gasteiger partial charge < -0.3 is 5.11 Å². The van der Waals surface area contributed by atoms with Gasteiger partial charge >= 0.3 is 5.97 Å². The Morgan fingerprint density at radius 1 is 0.848 bits per heavy atom. The molecule has 33 heavy (non-hydrogen) atoms. The minimum atomic E-state index is -1.55. The number of hydrogen-bond acceptors (Lipinski definition) is 7. The summed E-state index contributed by atoms with van der Waals surface area (Å²) in [6.07, 6.45) is 1.45. The monoisotopic (exact) mass is 467 g/mol. The fourth-order valence-electron chi connectivity index (χ4n) is 3.77. The van der Waals surface area contributed by atoms with Crippen LogP contribution in [0.2, 0.25) is 5.02 Å². The summed E-state index contributed by atoms with van der Waals surface area (Å²) in [6, 6.07) is 10.2. The second-order valence-electron chi connectivity index (χ2n) is 6.96. The minimum absolute atomic E-state index is 0.00572. The molecular formula is C21H10ClN3O8. The van der Waals surface area contributed by atoms with Crippen molar-refractivity contribution in [2.75, 3.05) is 0 Å². The molecule has 0 aromatic heterocycles. The molecule has 1 aliphatic rings. The number of rotatable bonds is 5. The van der Waals surface area contributed by atoms with Gasteiger partial charge in [-0.25, -0.2) is 4.79 Å². The van der Waals surface area contributed by atoms with Gasteiger partial charge in [-0.05, 0) is 28.8 Å². The van der Waals surface area contributed by atoms with Crippen LogP contribution in [0.3, 0.4) is 0 Å². The van der Waals surface area contributed by atoms with Crippen molar-refractivity contribution in [3.63, 3.8) is 0 Å². The Labute approximate surface area is 188 Å². The van der Waals surface area contributed by atoms with Crippen molar-refractivity contribution in [1.82, 2.24) is 0 Å². The lowest BCUT2D eigenvalue weighted by Gasteiger charge is -2.07. The summed E-state index contributed by atoms with van der Waals surface area (Å²) < 4.78 is 0. The molecule has 3 aromatic rings. The maximum atomic E-state index is 12.0. The highest BCUT2D eigenvalue weighted by atomic mass is 35.5. The van der Waals surface area contributed by atoms with E-state index in [1.54, 1.807) is 24.3 Å². The second kappa shape index (κ2) is 7.80. The number of nitro benzene ring substituents is 3. The number of carboxylic acids is 1. The van der Waals surface area contributed by atoms with E-state index in [1.807, 2.05) is 0 Å². The van der Waals surface area contributed by atoms with Crippen molar-refractivity contribution in [2.24, 2.45) is 0 Å². The smallest absolute Gasteiger partial charge is 0.336 e. The van der Waals surface area contributed by atoms with E-state index in [2.05, 4.69) is 0 Å². The van der Waals surface area contributed by atoms with Crippen LogP contribution in [0.4, 0.5) is 17.1 Å². The summed E-state index contributed by atoms with van der Waals surface area (Å²) in [5, 5.41) is 44.7. The van der Waals surface area contributed by atoms with Crippen LogP contribution in [0.25, 0.3) is 22.8 Å². The van der Waals surface area contributed by atoms with Gasteiger partial charge in [0.25, 0.3) is 17.1 Å². The topological polar surface area (TPSA) is 167 Å². The lowest BCUT2D eigenvalue weighted by Crippen LogP contribution is -2.03. The fourth-order valence-corrected chi connectivity index (χ4v) is 3.96. The SMILES string of the molecule is O=C(O)c1cc([N+](=O)[O-])cc2c1-c1c(cc([N+](=O)[O-])cc1[N+](=O)[O-])/C2=C/c1ccccc1Cl. The molecule has 1 N–H and O–H groups in total. The lowest BCUT2D eigenvalue weighted by molar-refractivity contribution is -0.393. The molecule has 0 fully saturated rings. The molecule has 0 amide bonds. The molecule has 3 aromatic carbocycles. The molecule has 4 rings (SSSR count). The Kier molecular flexibility index (Phi) is 5.10. The van der Waals surface area contributed by atoms with Crippen LogP contribution in [0.1, 0.15) is 27.0 Å². The highest BCUT2D eigenvalue weighted by Gasteiger charge is 2.38. The number of carbonyl (C=O) groups is 1. The number of nitrogens with zero attached hydrogens (tertiary/aromatic N) is 3. The van der Waals surface area contributed by atoms with Gasteiger partial charge in [-0.1, -0.05) is 29.8 Å². The standard InChI is InChI=1S/C21H10ClN3O8/c22-17-4-2-1-3-10(17)5-13-14-6-11(23(28)29)8-16(21(26)27)19(14)20-15(13)7-12(24(30)31)9-18(20)25(32)33/h1-9H,(H,26,27)/b13-5+. The zero-order valence-electron chi connectivity index (χ0n) is 16.2. The Hall–Kier alpha value is -4.64. The van der Waals surface area contributed by atoms with Crippen molar-refractivity contribution >= 4 is 46.3 Å². The van der Waals surface area contributed by atoms with E-state index in [1.165, 1.54) is 6.08 Å². The zero-order valence-corrected chi connectivity index (χ0v) is 17.0. The highest BCUT2D eigenvalue weighted by molar-refractivity contribution is 6.32. The van der Waals surface area contributed by atoms with Gasteiger partial charge in [0.05, 0.1) is 32.0 Å². The van der Waals surface area contributed by atoms with Crippen LogP contribution in [-0.4, -0.2) is 25.8 Å². The number of carboxylic acid groups (broad SMARTS) is 1. The number of non-ortho nitro benzene ring substituents is 2. The molecule has 0 saturated carbocycles. The predicted molar refractivity (Wildman–Crippen MR) is 117 cm³/mol. The van der Waals surface area contributed by atoms with E-state index in [0.717, 1.165) is 24.3 Å². The van der Waals surface area contributed by atoms with E-state index in [0.29, 0.717) is 5.56 Å². The van der Waals surface area contributed by atoms with Crippen LogP contribution in [0, 0.1) is 30.3 Å². The predicted octanol–water partition coefficient (Wildman–Crippen LogP) is 5.33. The maximum Gasteiger partial charge on any atom is 0.336 e. The molecule has 0 bridgehead atoms. The normalized spacial score (nSPS) is 12.8. The van der Waals surface area contributed by atoms with Crippen molar-refractivity contribution in [3.05, 3.63) is 106 Å². The molecule has 11 nitrogen and oxygen atoms in total. The Morgan fingerprint density at radius 2 is 1.42 bits per heavy atom. The van der Waals surface area contributed by atoms with E-state index in [4.69, 9.17) is 11.6 Å². The Morgan fingerprint density at radius 3 is 1.97 bits per heavy atom. The van der Waals surface area contributed by atoms with Gasteiger partial charge in [0, 0.05) is 34.3 Å². The molecule has 0 saturated heterocycles. The number of fused-ring (bicyclic) bond motifs is 3. The van der Waals surface area contributed by atoms with E-state index >= 15 is 0 Å². The summed E-state index contributed by atoms with van der Waals surface area (Å²) in [5.74, 6) is -1.55. The summed E-state index contributed by atoms with van der Waals surface area (Å²) in [5.41, 5.74) is -2.13. The van der Waals surface area contributed by atoms with Crippen LogP contribution in [0.15, 0.2) is 48.5 Å². The van der Waals surface area contributed by atoms with E-state index in [9.17, 15) is 40.2 Å².